The van der Waals surface area contributed by atoms with Crippen LogP contribution < -0.4 is 10.1 Å². The van der Waals surface area contributed by atoms with Crippen LogP contribution in [0.4, 0.5) is 5.13 Å². The van der Waals surface area contributed by atoms with Gasteiger partial charge in [0.2, 0.25) is 19.3 Å². The molecule has 0 aliphatic heterocycles. The maximum Gasteiger partial charge on any atom is 0.268 e. The second kappa shape index (κ2) is 9.30. The van der Waals surface area contributed by atoms with Crippen molar-refractivity contribution in [3.63, 3.8) is 0 Å². The lowest BCUT2D eigenvalue weighted by atomic mass is 10.1. The number of amides is 1. The Morgan fingerprint density at radius 3 is 2.47 bits per heavy atom. The minimum Gasteiger partial charge on any atom is -0.489 e. The van der Waals surface area contributed by atoms with Crippen molar-refractivity contribution in [2.45, 2.75) is 10.9 Å². The van der Waals surface area contributed by atoms with Crippen LogP contribution in [0.15, 0.2) is 64.5 Å². The molecule has 0 radical (unpaired) electrons. The van der Waals surface area contributed by atoms with E-state index in [9.17, 15) is 18.5 Å². The molecule has 0 bridgehead atoms. The Hall–Kier alpha value is -3.55. The van der Waals surface area contributed by atoms with Crippen molar-refractivity contribution in [1.82, 2.24) is 10.2 Å². The third-order valence-electron chi connectivity index (χ3n) is 3.75. The van der Waals surface area contributed by atoms with Crippen molar-refractivity contribution in [1.29, 1.82) is 5.26 Å². The van der Waals surface area contributed by atoms with Gasteiger partial charge in [0, 0.05) is 6.26 Å². The molecule has 3 aromatic rings. The predicted molar refractivity (Wildman–Crippen MR) is 112 cm³/mol. The molecule has 0 spiro atoms. The number of aromatic nitrogens is 2. The van der Waals surface area contributed by atoms with Crippen molar-refractivity contribution in [2.75, 3.05) is 11.6 Å². The first-order valence-electron chi connectivity index (χ1n) is 8.58. The van der Waals surface area contributed by atoms with Crippen LogP contribution in [0, 0.1) is 11.3 Å². The van der Waals surface area contributed by atoms with Crippen molar-refractivity contribution in [3.05, 3.63) is 71.3 Å². The van der Waals surface area contributed by atoms with E-state index in [1.807, 2.05) is 36.4 Å². The minimum atomic E-state index is -3.52. The molecule has 1 amide bonds. The topological polar surface area (TPSA) is 122 Å². The number of benzene rings is 2. The monoisotopic (exact) mass is 440 g/mol. The van der Waals surface area contributed by atoms with E-state index in [1.54, 1.807) is 24.3 Å². The summed E-state index contributed by atoms with van der Waals surface area (Å²) in [5, 5.41) is 18.8. The van der Waals surface area contributed by atoms with E-state index in [0.29, 0.717) is 29.3 Å². The summed E-state index contributed by atoms with van der Waals surface area (Å²) in [5.74, 6) is -0.0563. The van der Waals surface area contributed by atoms with Gasteiger partial charge < -0.3 is 4.74 Å². The minimum absolute atomic E-state index is 0.00812. The van der Waals surface area contributed by atoms with E-state index in [-0.39, 0.29) is 15.0 Å². The van der Waals surface area contributed by atoms with Gasteiger partial charge in [-0.25, -0.2) is 8.42 Å². The van der Waals surface area contributed by atoms with E-state index < -0.39 is 15.7 Å². The van der Waals surface area contributed by atoms with Gasteiger partial charge in [-0.05, 0) is 29.3 Å². The SMILES string of the molecule is CS(=O)(=O)c1nnc(NC(=O)/C(C#N)=C\c2ccc(OCc3ccccc3)cc2)s1. The van der Waals surface area contributed by atoms with Crippen LogP contribution in [0.1, 0.15) is 11.1 Å². The average Bonchev–Trinajstić information content (AvgIpc) is 3.21. The fraction of sp³-hybridized carbons (Fsp3) is 0.100. The third-order valence-corrected chi connectivity index (χ3v) is 6.26. The molecular formula is C20H16N4O4S2. The van der Waals surface area contributed by atoms with Crippen molar-refractivity contribution < 1.29 is 17.9 Å². The summed E-state index contributed by atoms with van der Waals surface area (Å²) in [6.07, 6.45) is 2.40. The standard InChI is InChI=1S/C20H16N4O4S2/c1-30(26,27)20-24-23-19(29-20)22-18(25)16(12-21)11-14-7-9-17(10-8-14)28-13-15-5-3-2-4-6-15/h2-11H,13H2,1H3,(H,22,23,25)/b16-11-. The van der Waals surface area contributed by atoms with Gasteiger partial charge in [0.25, 0.3) is 5.91 Å². The molecular weight excluding hydrogens is 424 g/mol. The predicted octanol–water partition coefficient (Wildman–Crippen LogP) is 3.07. The Balaban J connectivity index is 1.65. The van der Waals surface area contributed by atoms with E-state index in [4.69, 9.17) is 4.74 Å². The zero-order chi connectivity index (χ0) is 21.6. The third kappa shape index (κ3) is 5.73. The second-order valence-corrected chi connectivity index (χ2v) is 9.28. The van der Waals surface area contributed by atoms with Gasteiger partial charge in [-0.3, -0.25) is 10.1 Å². The summed E-state index contributed by atoms with van der Waals surface area (Å²) in [6, 6.07) is 18.5. The first kappa shape index (κ1) is 21.2. The number of hydrogen-bond donors (Lipinski definition) is 1. The highest BCUT2D eigenvalue weighted by Gasteiger charge is 2.17. The highest BCUT2D eigenvalue weighted by Crippen LogP contribution is 2.21. The molecule has 3 rings (SSSR count). The Morgan fingerprint density at radius 2 is 1.87 bits per heavy atom. The zero-order valence-corrected chi connectivity index (χ0v) is 17.4. The highest BCUT2D eigenvalue weighted by atomic mass is 32.2. The maximum atomic E-state index is 12.3. The summed E-state index contributed by atoms with van der Waals surface area (Å²) in [7, 11) is -3.52. The highest BCUT2D eigenvalue weighted by molar-refractivity contribution is 7.92. The number of carbonyl (C=O) groups excluding carboxylic acids is 1. The Bertz CT molecular complexity index is 1210. The van der Waals surface area contributed by atoms with Gasteiger partial charge in [-0.2, -0.15) is 5.26 Å². The fourth-order valence-electron chi connectivity index (χ4n) is 2.29. The maximum absolute atomic E-state index is 12.3. The lowest BCUT2D eigenvalue weighted by Crippen LogP contribution is -2.13. The number of nitrogens with zero attached hydrogens (tertiary/aromatic N) is 3. The molecule has 30 heavy (non-hydrogen) atoms. The molecule has 0 aliphatic rings. The lowest BCUT2D eigenvalue weighted by molar-refractivity contribution is -0.112. The van der Waals surface area contributed by atoms with Crippen molar-refractivity contribution >= 4 is 38.3 Å². The van der Waals surface area contributed by atoms with Crippen LogP contribution in [0.3, 0.4) is 0 Å². The number of sulfone groups is 1. The number of nitrogens with one attached hydrogen (secondary N) is 1. The first-order valence-corrected chi connectivity index (χ1v) is 11.3. The van der Waals surface area contributed by atoms with Crippen LogP contribution in [0.5, 0.6) is 5.75 Å². The quantitative estimate of drug-likeness (QED) is 0.340. The number of ether oxygens (including phenoxy) is 1. The second-order valence-electron chi connectivity index (χ2n) is 6.11. The molecule has 1 heterocycles. The summed E-state index contributed by atoms with van der Waals surface area (Å²) >= 11 is 0.713. The van der Waals surface area contributed by atoms with E-state index in [1.165, 1.54) is 6.08 Å². The Labute approximate surface area is 177 Å². The molecule has 1 N–H and O–H groups in total. The first-order chi connectivity index (χ1) is 14.3. The number of carbonyl (C=O) groups is 1. The van der Waals surface area contributed by atoms with Gasteiger partial charge >= 0.3 is 0 Å². The van der Waals surface area contributed by atoms with E-state index >= 15 is 0 Å². The van der Waals surface area contributed by atoms with Crippen LogP contribution >= 0.6 is 11.3 Å². The largest absolute Gasteiger partial charge is 0.489 e. The zero-order valence-electron chi connectivity index (χ0n) is 15.8. The van der Waals surface area contributed by atoms with Gasteiger partial charge in [0.05, 0.1) is 0 Å². The van der Waals surface area contributed by atoms with E-state index in [0.717, 1.165) is 11.8 Å². The van der Waals surface area contributed by atoms with Crippen LogP contribution in [-0.4, -0.2) is 30.8 Å². The van der Waals surface area contributed by atoms with Gasteiger partial charge in [0.1, 0.15) is 24.0 Å². The van der Waals surface area contributed by atoms with Gasteiger partial charge in [0.15, 0.2) is 0 Å². The summed E-state index contributed by atoms with van der Waals surface area (Å²) in [4.78, 5) is 12.3. The number of anilines is 1. The molecule has 0 atom stereocenters. The average molecular weight is 441 g/mol. The molecule has 0 saturated heterocycles. The molecule has 0 fully saturated rings. The number of nitriles is 1. The van der Waals surface area contributed by atoms with Crippen molar-refractivity contribution in [2.24, 2.45) is 0 Å². The lowest BCUT2D eigenvalue weighted by Gasteiger charge is -2.06. The molecule has 0 aliphatic carbocycles. The molecule has 1 aromatic heterocycles. The fourth-order valence-corrected chi connectivity index (χ4v) is 3.79. The normalized spacial score (nSPS) is 11.5. The summed E-state index contributed by atoms with van der Waals surface area (Å²) < 4.78 is 28.4. The van der Waals surface area contributed by atoms with Crippen LogP contribution in [0.25, 0.3) is 6.08 Å². The molecule has 10 heteroatoms. The van der Waals surface area contributed by atoms with Crippen LogP contribution in [-0.2, 0) is 21.2 Å². The van der Waals surface area contributed by atoms with Gasteiger partial charge in [-0.15, -0.1) is 10.2 Å². The molecule has 152 valence electrons. The summed E-state index contributed by atoms with van der Waals surface area (Å²) in [5.41, 5.74) is 1.51. The molecule has 2 aromatic carbocycles. The molecule has 0 saturated carbocycles. The van der Waals surface area contributed by atoms with Crippen LogP contribution in [0.2, 0.25) is 0 Å². The van der Waals surface area contributed by atoms with Crippen molar-refractivity contribution in [3.8, 4) is 11.8 Å². The number of hydrogen-bond acceptors (Lipinski definition) is 8. The molecule has 8 nitrogen and oxygen atoms in total. The number of rotatable bonds is 7. The molecule has 0 unspecified atom stereocenters. The smallest absolute Gasteiger partial charge is 0.268 e. The Morgan fingerprint density at radius 1 is 1.17 bits per heavy atom. The summed E-state index contributed by atoms with van der Waals surface area (Å²) in [6.45, 7) is 0.430. The van der Waals surface area contributed by atoms with E-state index in [2.05, 4.69) is 15.5 Å². The Kier molecular flexibility index (Phi) is 6.56. The van der Waals surface area contributed by atoms with Gasteiger partial charge in [-0.1, -0.05) is 53.8 Å².